The largest absolute Gasteiger partial charge is 0.394 e. The van der Waals surface area contributed by atoms with E-state index in [1.54, 1.807) is 0 Å². The second kappa shape index (κ2) is 4.10. The lowest BCUT2D eigenvalue weighted by Crippen LogP contribution is -2.50. The van der Waals surface area contributed by atoms with Gasteiger partial charge in [-0.05, 0) is 25.3 Å². The molecule has 0 spiro atoms. The fourth-order valence-electron chi connectivity index (χ4n) is 2.94. The lowest BCUT2D eigenvalue weighted by Gasteiger charge is -2.37. The van der Waals surface area contributed by atoms with Gasteiger partial charge in [-0.15, -0.1) is 0 Å². The molecule has 0 radical (unpaired) electrons. The second-order valence-electron chi connectivity index (χ2n) is 4.90. The van der Waals surface area contributed by atoms with Gasteiger partial charge in [0.2, 0.25) is 5.91 Å². The van der Waals surface area contributed by atoms with E-state index in [4.69, 9.17) is 5.73 Å². The second-order valence-corrected chi connectivity index (χ2v) is 4.90. The minimum absolute atomic E-state index is 0.107. The van der Waals surface area contributed by atoms with Crippen LogP contribution < -0.4 is 5.73 Å². The van der Waals surface area contributed by atoms with Gasteiger partial charge in [-0.25, -0.2) is 0 Å². The molecule has 4 heteroatoms. The van der Waals surface area contributed by atoms with Crippen molar-refractivity contribution in [2.45, 2.75) is 37.6 Å². The molecule has 2 fully saturated rings. The lowest BCUT2D eigenvalue weighted by atomic mass is 9.96. The number of aliphatic hydroxyl groups excluding tert-OH is 1. The first kappa shape index (κ1) is 10.9. The van der Waals surface area contributed by atoms with Crippen LogP contribution in [0.2, 0.25) is 0 Å². The fraction of sp³-hybridized carbons (Fsp3) is 0.909. The highest BCUT2D eigenvalue weighted by Gasteiger charge is 2.45. The number of nitrogens with zero attached hydrogens (tertiary/aromatic N) is 1. The molecule has 1 amide bonds. The Hall–Kier alpha value is -0.610. The summed E-state index contributed by atoms with van der Waals surface area (Å²) in [5.74, 6) is 0.475. The SMILES string of the molecule is NCC1CC(=O)N(C2(CO)CCCC2)C1. The third kappa shape index (κ3) is 1.76. The van der Waals surface area contributed by atoms with Crippen molar-refractivity contribution in [2.75, 3.05) is 19.7 Å². The number of hydrogen-bond donors (Lipinski definition) is 2. The summed E-state index contributed by atoms with van der Waals surface area (Å²) in [4.78, 5) is 13.8. The number of rotatable bonds is 3. The molecule has 2 aliphatic rings. The van der Waals surface area contributed by atoms with Crippen LogP contribution in [-0.4, -0.2) is 41.1 Å². The normalized spacial score (nSPS) is 30.1. The standard InChI is InChI=1S/C11H20N2O2/c12-6-9-5-10(15)13(7-9)11(8-14)3-1-2-4-11/h9,14H,1-8,12H2. The average Bonchev–Trinajstić information content (AvgIpc) is 2.84. The molecular weight excluding hydrogens is 192 g/mol. The molecule has 1 aliphatic carbocycles. The van der Waals surface area contributed by atoms with E-state index in [1.165, 1.54) is 0 Å². The van der Waals surface area contributed by atoms with Crippen molar-refractivity contribution in [3.8, 4) is 0 Å². The summed E-state index contributed by atoms with van der Waals surface area (Å²) in [7, 11) is 0. The Morgan fingerprint density at radius 2 is 2.13 bits per heavy atom. The van der Waals surface area contributed by atoms with Gasteiger partial charge in [0.15, 0.2) is 0 Å². The molecule has 0 aromatic heterocycles. The van der Waals surface area contributed by atoms with Crippen molar-refractivity contribution in [1.82, 2.24) is 4.90 Å². The zero-order valence-corrected chi connectivity index (χ0v) is 9.11. The van der Waals surface area contributed by atoms with Gasteiger partial charge in [0.05, 0.1) is 12.1 Å². The predicted molar refractivity (Wildman–Crippen MR) is 57.2 cm³/mol. The summed E-state index contributed by atoms with van der Waals surface area (Å²) in [6.07, 6.45) is 4.71. The number of aliphatic hydroxyl groups is 1. The van der Waals surface area contributed by atoms with Crippen molar-refractivity contribution in [3.63, 3.8) is 0 Å². The lowest BCUT2D eigenvalue weighted by molar-refractivity contribution is -0.134. The van der Waals surface area contributed by atoms with Gasteiger partial charge in [0, 0.05) is 13.0 Å². The van der Waals surface area contributed by atoms with Crippen LogP contribution >= 0.6 is 0 Å². The molecule has 4 nitrogen and oxygen atoms in total. The first-order valence-electron chi connectivity index (χ1n) is 5.83. The molecule has 1 atom stereocenters. The highest BCUT2D eigenvalue weighted by molar-refractivity contribution is 5.79. The summed E-state index contributed by atoms with van der Waals surface area (Å²) < 4.78 is 0. The number of nitrogens with two attached hydrogens (primary N) is 1. The van der Waals surface area contributed by atoms with E-state index in [0.29, 0.717) is 18.9 Å². The van der Waals surface area contributed by atoms with Crippen molar-refractivity contribution >= 4 is 5.91 Å². The summed E-state index contributed by atoms with van der Waals surface area (Å²) >= 11 is 0. The highest BCUT2D eigenvalue weighted by atomic mass is 16.3. The van der Waals surface area contributed by atoms with Gasteiger partial charge in [-0.2, -0.15) is 0 Å². The third-order valence-electron chi connectivity index (χ3n) is 3.94. The molecule has 1 heterocycles. The molecule has 1 aliphatic heterocycles. The van der Waals surface area contributed by atoms with Gasteiger partial charge >= 0.3 is 0 Å². The van der Waals surface area contributed by atoms with Gasteiger partial charge in [-0.1, -0.05) is 12.8 Å². The van der Waals surface area contributed by atoms with Crippen LogP contribution in [-0.2, 0) is 4.79 Å². The van der Waals surface area contributed by atoms with Crippen molar-refractivity contribution < 1.29 is 9.90 Å². The van der Waals surface area contributed by atoms with Gasteiger partial charge in [0.25, 0.3) is 0 Å². The Labute approximate surface area is 90.4 Å². The van der Waals surface area contributed by atoms with E-state index in [1.807, 2.05) is 4.90 Å². The van der Waals surface area contributed by atoms with E-state index in [0.717, 1.165) is 32.2 Å². The van der Waals surface area contributed by atoms with E-state index in [-0.39, 0.29) is 18.1 Å². The Morgan fingerprint density at radius 1 is 1.47 bits per heavy atom. The molecule has 1 saturated heterocycles. The number of hydrogen-bond acceptors (Lipinski definition) is 3. The topological polar surface area (TPSA) is 66.6 Å². The number of likely N-dealkylation sites (tertiary alicyclic amines) is 1. The Morgan fingerprint density at radius 3 is 2.60 bits per heavy atom. The number of carbonyl (C=O) groups excluding carboxylic acids is 1. The monoisotopic (exact) mass is 212 g/mol. The first-order chi connectivity index (χ1) is 7.22. The highest BCUT2D eigenvalue weighted by Crippen LogP contribution is 2.38. The van der Waals surface area contributed by atoms with Crippen LogP contribution in [0, 0.1) is 5.92 Å². The van der Waals surface area contributed by atoms with E-state index in [2.05, 4.69) is 0 Å². The van der Waals surface area contributed by atoms with Crippen LogP contribution in [0.1, 0.15) is 32.1 Å². The molecule has 0 aromatic rings. The van der Waals surface area contributed by atoms with Gasteiger partial charge < -0.3 is 15.7 Å². The number of carbonyl (C=O) groups is 1. The van der Waals surface area contributed by atoms with Crippen LogP contribution in [0.25, 0.3) is 0 Å². The maximum absolute atomic E-state index is 11.9. The molecule has 3 N–H and O–H groups in total. The average molecular weight is 212 g/mol. The molecule has 86 valence electrons. The first-order valence-corrected chi connectivity index (χ1v) is 5.83. The Bertz CT molecular complexity index is 249. The summed E-state index contributed by atoms with van der Waals surface area (Å²) in [6, 6.07) is 0. The zero-order valence-electron chi connectivity index (χ0n) is 9.11. The maximum atomic E-state index is 11.9. The summed E-state index contributed by atoms with van der Waals surface area (Å²) in [5, 5.41) is 9.53. The Balaban J connectivity index is 2.12. The zero-order chi connectivity index (χ0) is 10.9. The van der Waals surface area contributed by atoms with E-state index >= 15 is 0 Å². The predicted octanol–water partition coefficient (Wildman–Crippen LogP) is 0.0987. The molecule has 1 unspecified atom stereocenters. The van der Waals surface area contributed by atoms with Crippen LogP contribution in [0.5, 0.6) is 0 Å². The molecule has 1 saturated carbocycles. The van der Waals surface area contributed by atoms with Crippen LogP contribution in [0.3, 0.4) is 0 Å². The molecule has 15 heavy (non-hydrogen) atoms. The molecular formula is C11H20N2O2. The minimum atomic E-state index is -0.249. The van der Waals surface area contributed by atoms with Crippen molar-refractivity contribution in [1.29, 1.82) is 0 Å². The van der Waals surface area contributed by atoms with E-state index < -0.39 is 0 Å². The van der Waals surface area contributed by atoms with E-state index in [9.17, 15) is 9.90 Å². The van der Waals surface area contributed by atoms with Gasteiger partial charge in [0.1, 0.15) is 0 Å². The molecule has 2 rings (SSSR count). The quantitative estimate of drug-likeness (QED) is 0.697. The summed E-state index contributed by atoms with van der Waals surface area (Å²) in [6.45, 7) is 1.43. The summed E-state index contributed by atoms with van der Waals surface area (Å²) in [5.41, 5.74) is 5.35. The maximum Gasteiger partial charge on any atom is 0.223 e. The molecule has 0 bridgehead atoms. The number of amides is 1. The van der Waals surface area contributed by atoms with Crippen molar-refractivity contribution in [3.05, 3.63) is 0 Å². The molecule has 0 aromatic carbocycles. The third-order valence-corrected chi connectivity index (χ3v) is 3.94. The van der Waals surface area contributed by atoms with Crippen molar-refractivity contribution in [2.24, 2.45) is 11.7 Å². The van der Waals surface area contributed by atoms with Gasteiger partial charge in [-0.3, -0.25) is 4.79 Å². The minimum Gasteiger partial charge on any atom is -0.394 e. The fourth-order valence-corrected chi connectivity index (χ4v) is 2.94. The van der Waals surface area contributed by atoms with Crippen LogP contribution in [0.15, 0.2) is 0 Å². The Kier molecular flexibility index (Phi) is 2.98. The smallest absolute Gasteiger partial charge is 0.223 e. The van der Waals surface area contributed by atoms with Crippen LogP contribution in [0.4, 0.5) is 0 Å².